The van der Waals surface area contributed by atoms with Crippen LogP contribution in [0.2, 0.25) is 0 Å². The molecule has 19 heavy (non-hydrogen) atoms. The number of nitrogens with one attached hydrogen (secondary N) is 1. The number of ether oxygens (including phenoxy) is 2. The first kappa shape index (κ1) is 14.4. The summed E-state index contributed by atoms with van der Waals surface area (Å²) in [6.45, 7) is 6.99. The van der Waals surface area contributed by atoms with Crippen molar-refractivity contribution in [3.63, 3.8) is 0 Å². The molecule has 1 aromatic carbocycles. The molecule has 106 valence electrons. The second kappa shape index (κ2) is 7.51. The molecular weight excluding hydrogens is 238 g/mol. The molecular formula is C16H25NO2. The van der Waals surface area contributed by atoms with Crippen LogP contribution in [0.1, 0.15) is 44.7 Å². The van der Waals surface area contributed by atoms with Crippen LogP contribution >= 0.6 is 0 Å². The lowest BCUT2D eigenvalue weighted by molar-refractivity contribution is 0.00687. The number of rotatable bonds is 6. The van der Waals surface area contributed by atoms with E-state index < -0.39 is 0 Å². The Kier molecular flexibility index (Phi) is 5.67. The van der Waals surface area contributed by atoms with Gasteiger partial charge in [-0.3, -0.25) is 0 Å². The van der Waals surface area contributed by atoms with Crippen molar-refractivity contribution in [2.24, 2.45) is 0 Å². The zero-order valence-corrected chi connectivity index (χ0v) is 12.0. The van der Waals surface area contributed by atoms with Gasteiger partial charge in [-0.05, 0) is 38.8 Å². The third kappa shape index (κ3) is 4.22. The fourth-order valence-corrected chi connectivity index (χ4v) is 2.40. The SMILES string of the molecule is CCCNC(C)c1ccccc1OC1CCCOC1. The molecule has 1 aliphatic heterocycles. The summed E-state index contributed by atoms with van der Waals surface area (Å²) in [6, 6.07) is 8.64. The maximum Gasteiger partial charge on any atom is 0.124 e. The zero-order chi connectivity index (χ0) is 13.5. The topological polar surface area (TPSA) is 30.5 Å². The van der Waals surface area contributed by atoms with Crippen LogP contribution in [0.15, 0.2) is 24.3 Å². The van der Waals surface area contributed by atoms with Gasteiger partial charge in [-0.15, -0.1) is 0 Å². The molecule has 0 amide bonds. The van der Waals surface area contributed by atoms with Gasteiger partial charge in [0.25, 0.3) is 0 Å². The minimum absolute atomic E-state index is 0.202. The standard InChI is InChI=1S/C16H25NO2/c1-3-10-17-13(2)15-8-4-5-9-16(15)19-14-7-6-11-18-12-14/h4-5,8-9,13-14,17H,3,6-7,10-12H2,1-2H3. The van der Waals surface area contributed by atoms with Crippen LogP contribution in [0.5, 0.6) is 5.75 Å². The van der Waals surface area contributed by atoms with E-state index in [0.29, 0.717) is 12.6 Å². The molecule has 3 nitrogen and oxygen atoms in total. The molecule has 0 saturated carbocycles. The van der Waals surface area contributed by atoms with E-state index in [1.165, 1.54) is 5.56 Å². The summed E-state index contributed by atoms with van der Waals surface area (Å²) in [5, 5.41) is 3.51. The number of hydrogen-bond donors (Lipinski definition) is 1. The van der Waals surface area contributed by atoms with Crippen molar-refractivity contribution in [3.8, 4) is 5.75 Å². The highest BCUT2D eigenvalue weighted by molar-refractivity contribution is 5.35. The van der Waals surface area contributed by atoms with Crippen LogP contribution in [0.4, 0.5) is 0 Å². The summed E-state index contributed by atoms with van der Waals surface area (Å²) in [4.78, 5) is 0. The minimum Gasteiger partial charge on any atom is -0.488 e. The van der Waals surface area contributed by atoms with Crippen LogP contribution in [0, 0.1) is 0 Å². The van der Waals surface area contributed by atoms with Crippen molar-refractivity contribution in [1.29, 1.82) is 0 Å². The zero-order valence-electron chi connectivity index (χ0n) is 12.0. The molecule has 0 bridgehead atoms. The lowest BCUT2D eigenvalue weighted by atomic mass is 10.1. The van der Waals surface area contributed by atoms with Crippen molar-refractivity contribution >= 4 is 0 Å². The lowest BCUT2D eigenvalue weighted by Gasteiger charge is -2.26. The van der Waals surface area contributed by atoms with Crippen LogP contribution in [-0.2, 0) is 4.74 Å². The molecule has 2 unspecified atom stereocenters. The Hall–Kier alpha value is -1.06. The van der Waals surface area contributed by atoms with E-state index in [2.05, 4.69) is 37.4 Å². The Morgan fingerprint density at radius 1 is 1.42 bits per heavy atom. The molecule has 0 spiro atoms. The number of benzene rings is 1. The van der Waals surface area contributed by atoms with Gasteiger partial charge >= 0.3 is 0 Å². The Morgan fingerprint density at radius 2 is 2.26 bits per heavy atom. The molecule has 0 aliphatic carbocycles. The second-order valence-electron chi connectivity index (χ2n) is 5.17. The van der Waals surface area contributed by atoms with Gasteiger partial charge in [-0.2, -0.15) is 0 Å². The first-order valence-corrected chi connectivity index (χ1v) is 7.38. The molecule has 0 aromatic heterocycles. The normalized spacial score (nSPS) is 21.1. The quantitative estimate of drug-likeness (QED) is 0.854. The van der Waals surface area contributed by atoms with E-state index in [-0.39, 0.29) is 6.10 Å². The van der Waals surface area contributed by atoms with Crippen molar-refractivity contribution in [2.75, 3.05) is 19.8 Å². The van der Waals surface area contributed by atoms with E-state index in [1.807, 2.05) is 6.07 Å². The second-order valence-corrected chi connectivity index (χ2v) is 5.17. The third-order valence-corrected chi connectivity index (χ3v) is 3.50. The Balaban J connectivity index is 2.02. The summed E-state index contributed by atoms with van der Waals surface area (Å²) in [6.07, 6.45) is 3.53. The van der Waals surface area contributed by atoms with Gasteiger partial charge in [0.05, 0.1) is 6.61 Å². The summed E-state index contributed by atoms with van der Waals surface area (Å²) < 4.78 is 11.6. The highest BCUT2D eigenvalue weighted by Crippen LogP contribution is 2.27. The maximum absolute atomic E-state index is 6.12. The van der Waals surface area contributed by atoms with E-state index >= 15 is 0 Å². The van der Waals surface area contributed by atoms with Gasteiger partial charge in [0.2, 0.25) is 0 Å². The maximum atomic E-state index is 6.12. The Labute approximate surface area is 116 Å². The van der Waals surface area contributed by atoms with Crippen molar-refractivity contribution in [2.45, 2.75) is 45.3 Å². The molecule has 1 fully saturated rings. The van der Waals surface area contributed by atoms with Gasteiger partial charge in [-0.25, -0.2) is 0 Å². The molecule has 2 rings (SSSR count). The first-order valence-electron chi connectivity index (χ1n) is 7.38. The average molecular weight is 263 g/mol. The Bertz CT molecular complexity index is 375. The summed E-state index contributed by atoms with van der Waals surface area (Å²) >= 11 is 0. The average Bonchev–Trinajstić information content (AvgIpc) is 2.46. The van der Waals surface area contributed by atoms with E-state index in [4.69, 9.17) is 9.47 Å². The fourth-order valence-electron chi connectivity index (χ4n) is 2.40. The van der Waals surface area contributed by atoms with Crippen LogP contribution in [0.3, 0.4) is 0 Å². The summed E-state index contributed by atoms with van der Waals surface area (Å²) in [7, 11) is 0. The smallest absolute Gasteiger partial charge is 0.124 e. The van der Waals surface area contributed by atoms with Gasteiger partial charge in [0, 0.05) is 18.2 Å². The van der Waals surface area contributed by atoms with Crippen LogP contribution in [0.25, 0.3) is 0 Å². The van der Waals surface area contributed by atoms with Gasteiger partial charge in [-0.1, -0.05) is 25.1 Å². The molecule has 1 heterocycles. The lowest BCUT2D eigenvalue weighted by Crippen LogP contribution is -2.29. The van der Waals surface area contributed by atoms with Gasteiger partial charge < -0.3 is 14.8 Å². The molecule has 1 aromatic rings. The highest BCUT2D eigenvalue weighted by Gasteiger charge is 2.18. The predicted molar refractivity (Wildman–Crippen MR) is 77.6 cm³/mol. The van der Waals surface area contributed by atoms with Crippen LogP contribution in [-0.4, -0.2) is 25.9 Å². The van der Waals surface area contributed by atoms with Crippen molar-refractivity contribution < 1.29 is 9.47 Å². The van der Waals surface area contributed by atoms with Gasteiger partial charge in [0.15, 0.2) is 0 Å². The minimum atomic E-state index is 0.202. The largest absolute Gasteiger partial charge is 0.488 e. The first-order chi connectivity index (χ1) is 9.31. The summed E-state index contributed by atoms with van der Waals surface area (Å²) in [5.41, 5.74) is 1.24. The van der Waals surface area contributed by atoms with Gasteiger partial charge in [0.1, 0.15) is 11.9 Å². The predicted octanol–water partition coefficient (Wildman–Crippen LogP) is 3.31. The van der Waals surface area contributed by atoms with E-state index in [1.54, 1.807) is 0 Å². The molecule has 1 aliphatic rings. The molecule has 2 atom stereocenters. The molecule has 1 saturated heterocycles. The number of para-hydroxylation sites is 1. The molecule has 3 heteroatoms. The fraction of sp³-hybridized carbons (Fsp3) is 0.625. The van der Waals surface area contributed by atoms with Crippen molar-refractivity contribution in [3.05, 3.63) is 29.8 Å². The van der Waals surface area contributed by atoms with E-state index in [0.717, 1.165) is 38.2 Å². The summed E-state index contributed by atoms with van der Waals surface area (Å²) in [5.74, 6) is 0.995. The van der Waals surface area contributed by atoms with E-state index in [9.17, 15) is 0 Å². The molecule has 1 N–H and O–H groups in total. The monoisotopic (exact) mass is 263 g/mol. The number of hydrogen-bond acceptors (Lipinski definition) is 3. The van der Waals surface area contributed by atoms with Crippen LogP contribution < -0.4 is 10.1 Å². The Morgan fingerprint density at radius 3 is 3.00 bits per heavy atom. The molecule has 0 radical (unpaired) electrons. The third-order valence-electron chi connectivity index (χ3n) is 3.50. The highest BCUT2D eigenvalue weighted by atomic mass is 16.5. The van der Waals surface area contributed by atoms with Crippen molar-refractivity contribution in [1.82, 2.24) is 5.32 Å².